The van der Waals surface area contributed by atoms with Gasteiger partial charge < -0.3 is 16.0 Å². The summed E-state index contributed by atoms with van der Waals surface area (Å²) in [5.41, 5.74) is 7.31. The highest BCUT2D eigenvalue weighted by atomic mass is 35.5. The van der Waals surface area contributed by atoms with Crippen LogP contribution in [0.2, 0.25) is 10.2 Å². The summed E-state index contributed by atoms with van der Waals surface area (Å²) in [7, 11) is 1.77. The van der Waals surface area contributed by atoms with Crippen molar-refractivity contribution in [3.05, 3.63) is 45.6 Å². The fourth-order valence-corrected chi connectivity index (χ4v) is 5.38. The Labute approximate surface area is 205 Å². The van der Waals surface area contributed by atoms with Crippen LogP contribution in [-0.2, 0) is 0 Å². The average molecular weight is 491 g/mol. The van der Waals surface area contributed by atoms with E-state index in [1.165, 1.54) is 37.7 Å². The normalized spacial score (nSPS) is 21.7. The lowest BCUT2D eigenvalue weighted by molar-refractivity contribution is 0.1000. The minimum absolute atomic E-state index is 0.283. The number of nitrogens with two attached hydrogens (primary N) is 1. The van der Waals surface area contributed by atoms with Gasteiger partial charge in [-0.05, 0) is 68.2 Å². The highest BCUT2D eigenvalue weighted by molar-refractivity contribution is 6.42. The molecule has 1 aliphatic heterocycles. The Morgan fingerprint density at radius 3 is 2.52 bits per heavy atom. The molecule has 2 aliphatic rings. The Kier molecular flexibility index (Phi) is 7.94. The lowest BCUT2D eigenvalue weighted by Crippen LogP contribution is -2.47. The maximum atomic E-state index is 11.5. The second-order valence-corrected chi connectivity index (χ2v) is 9.79. The maximum Gasteiger partial charge on any atom is 0.248 e. The van der Waals surface area contributed by atoms with Gasteiger partial charge >= 0.3 is 0 Å². The zero-order chi connectivity index (χ0) is 23.4. The number of nitrogens with zero attached hydrogens (tertiary/aromatic N) is 4. The van der Waals surface area contributed by atoms with E-state index < -0.39 is 0 Å². The fourth-order valence-electron chi connectivity index (χ4n) is 5.01. The molecular formula is C24H32Cl2N6O. The summed E-state index contributed by atoms with van der Waals surface area (Å²) in [5.74, 6) is 2.15. The zero-order valence-corrected chi connectivity index (χ0v) is 20.6. The van der Waals surface area contributed by atoms with Crippen LogP contribution in [0.3, 0.4) is 0 Å². The molecule has 0 bridgehead atoms. The lowest BCUT2D eigenvalue weighted by atomic mass is 9.77. The van der Waals surface area contributed by atoms with Gasteiger partial charge in [0.2, 0.25) is 11.9 Å². The van der Waals surface area contributed by atoms with E-state index in [0.29, 0.717) is 28.3 Å². The van der Waals surface area contributed by atoms with Crippen molar-refractivity contribution in [1.82, 2.24) is 14.9 Å². The smallest absolute Gasteiger partial charge is 0.248 e. The van der Waals surface area contributed by atoms with E-state index in [1.54, 1.807) is 13.1 Å². The Morgan fingerprint density at radius 2 is 1.85 bits per heavy atom. The molecule has 0 spiro atoms. The Morgan fingerprint density at radius 1 is 1.12 bits per heavy atom. The first kappa shape index (κ1) is 24.0. The van der Waals surface area contributed by atoms with Crippen molar-refractivity contribution in [2.45, 2.75) is 38.0 Å². The van der Waals surface area contributed by atoms with Crippen LogP contribution in [0.4, 0.5) is 11.8 Å². The zero-order valence-electron chi connectivity index (χ0n) is 19.1. The molecule has 33 heavy (non-hydrogen) atoms. The average Bonchev–Trinajstić information content (AvgIpc) is 2.85. The summed E-state index contributed by atoms with van der Waals surface area (Å²) >= 11 is 12.5. The number of rotatable bonds is 7. The maximum absolute atomic E-state index is 11.5. The third-order valence-electron chi connectivity index (χ3n) is 7.03. The summed E-state index contributed by atoms with van der Waals surface area (Å²) in [6, 6.07) is 7.85. The van der Waals surface area contributed by atoms with Gasteiger partial charge in [-0.25, -0.2) is 0 Å². The quantitative estimate of drug-likeness (QED) is 0.558. The molecule has 0 atom stereocenters. The fraction of sp³-hybridized carbons (Fsp3) is 0.542. The molecule has 4 rings (SSSR count). The molecule has 1 saturated carbocycles. The number of hydrogen-bond acceptors (Lipinski definition) is 6. The van der Waals surface area contributed by atoms with Crippen LogP contribution >= 0.6 is 23.2 Å². The van der Waals surface area contributed by atoms with Crippen molar-refractivity contribution in [3.63, 3.8) is 0 Å². The highest BCUT2D eigenvalue weighted by Crippen LogP contribution is 2.37. The number of carbonyl (C=O) groups is 1. The van der Waals surface area contributed by atoms with Gasteiger partial charge in [-0.3, -0.25) is 9.69 Å². The van der Waals surface area contributed by atoms with Crippen molar-refractivity contribution in [1.29, 1.82) is 0 Å². The summed E-state index contributed by atoms with van der Waals surface area (Å²) in [6.45, 7) is 4.85. The van der Waals surface area contributed by atoms with Crippen LogP contribution in [0.25, 0.3) is 0 Å². The number of halogens is 2. The van der Waals surface area contributed by atoms with Gasteiger partial charge in [0.05, 0.1) is 0 Å². The number of carbonyl (C=O) groups excluding carboxylic acids is 1. The van der Waals surface area contributed by atoms with E-state index in [0.717, 1.165) is 38.6 Å². The number of amides is 1. The molecule has 1 aromatic heterocycles. The number of hydrogen-bond donors (Lipinski definition) is 2. The van der Waals surface area contributed by atoms with Crippen molar-refractivity contribution >= 4 is 40.9 Å². The third-order valence-corrected chi connectivity index (χ3v) is 7.75. The molecule has 3 N–H and O–H groups in total. The molecule has 1 amide bonds. The number of anilines is 2. The van der Waals surface area contributed by atoms with E-state index >= 15 is 0 Å². The standard InChI is InChI=1S/C24H32Cl2N6O/c1-28-24-29-21(26)20(25)23(30-24)32-13-11-31(12-14-32)10-9-16-5-7-17(8-6-16)18-3-2-4-19(15-18)22(27)33/h2-4,15-17H,5-14H2,1H3,(H2,27,33)(H,28,29,30). The van der Waals surface area contributed by atoms with E-state index in [1.807, 2.05) is 12.1 Å². The Balaban J connectivity index is 1.22. The lowest BCUT2D eigenvalue weighted by Gasteiger charge is -2.37. The topological polar surface area (TPSA) is 87.4 Å². The minimum Gasteiger partial charge on any atom is -0.366 e. The molecule has 0 unspecified atom stereocenters. The van der Waals surface area contributed by atoms with E-state index in [4.69, 9.17) is 28.9 Å². The molecule has 2 fully saturated rings. The van der Waals surface area contributed by atoms with Crippen molar-refractivity contribution < 1.29 is 4.79 Å². The highest BCUT2D eigenvalue weighted by Gasteiger charge is 2.25. The predicted octanol–water partition coefficient (Wildman–Crippen LogP) is 4.41. The second kappa shape index (κ2) is 10.9. The molecule has 178 valence electrons. The van der Waals surface area contributed by atoms with Crippen molar-refractivity contribution in [2.24, 2.45) is 11.7 Å². The number of piperazine rings is 1. The largest absolute Gasteiger partial charge is 0.366 e. The number of aromatic nitrogens is 2. The molecule has 0 radical (unpaired) electrons. The molecule has 7 nitrogen and oxygen atoms in total. The van der Waals surface area contributed by atoms with Crippen molar-refractivity contribution in [2.75, 3.05) is 50.0 Å². The molecular weight excluding hydrogens is 459 g/mol. The van der Waals surface area contributed by atoms with Gasteiger partial charge in [-0.1, -0.05) is 35.3 Å². The molecule has 1 saturated heterocycles. The second-order valence-electron chi connectivity index (χ2n) is 9.05. The minimum atomic E-state index is -0.349. The monoisotopic (exact) mass is 490 g/mol. The van der Waals surface area contributed by atoms with Crippen molar-refractivity contribution in [3.8, 4) is 0 Å². The number of benzene rings is 1. The predicted molar refractivity (Wildman–Crippen MR) is 135 cm³/mol. The summed E-state index contributed by atoms with van der Waals surface area (Å²) < 4.78 is 0. The Hall–Kier alpha value is -2.09. The number of nitrogens with one attached hydrogen (secondary N) is 1. The first-order valence-corrected chi connectivity index (χ1v) is 12.5. The summed E-state index contributed by atoms with van der Waals surface area (Å²) in [4.78, 5) is 24.9. The Bertz CT molecular complexity index is 971. The first-order valence-electron chi connectivity index (χ1n) is 11.7. The molecule has 9 heteroatoms. The summed E-state index contributed by atoms with van der Waals surface area (Å²) in [5, 5.41) is 3.64. The molecule has 2 heterocycles. The SMILES string of the molecule is CNc1nc(Cl)c(Cl)c(N2CCN(CCC3CCC(c4cccc(C(N)=O)c4)CC3)CC2)n1. The van der Waals surface area contributed by atoms with Crippen LogP contribution in [0, 0.1) is 5.92 Å². The molecule has 1 aliphatic carbocycles. The van der Waals surface area contributed by atoms with E-state index in [-0.39, 0.29) is 11.1 Å². The van der Waals surface area contributed by atoms with Gasteiger partial charge in [0, 0.05) is 38.8 Å². The van der Waals surface area contributed by atoms with Gasteiger partial charge in [-0.15, -0.1) is 0 Å². The van der Waals surface area contributed by atoms with Gasteiger partial charge in [0.15, 0.2) is 11.0 Å². The van der Waals surface area contributed by atoms with Crippen LogP contribution in [0.1, 0.15) is 53.9 Å². The third kappa shape index (κ3) is 5.89. The van der Waals surface area contributed by atoms with Crippen LogP contribution in [-0.4, -0.2) is 60.5 Å². The van der Waals surface area contributed by atoms with Gasteiger partial charge in [0.1, 0.15) is 5.02 Å². The first-order chi connectivity index (χ1) is 15.9. The van der Waals surface area contributed by atoms with Gasteiger partial charge in [-0.2, -0.15) is 9.97 Å². The van der Waals surface area contributed by atoms with Crippen LogP contribution in [0.15, 0.2) is 24.3 Å². The van der Waals surface area contributed by atoms with Gasteiger partial charge in [0.25, 0.3) is 0 Å². The van der Waals surface area contributed by atoms with Crippen LogP contribution in [0.5, 0.6) is 0 Å². The molecule has 1 aromatic carbocycles. The number of primary amides is 1. The molecule has 2 aromatic rings. The van der Waals surface area contributed by atoms with Crippen LogP contribution < -0.4 is 16.0 Å². The van der Waals surface area contributed by atoms with E-state index in [9.17, 15) is 4.79 Å². The van der Waals surface area contributed by atoms with E-state index in [2.05, 4.69) is 31.2 Å². The summed E-state index contributed by atoms with van der Waals surface area (Å²) in [6.07, 6.45) is 6.08.